The second-order valence-corrected chi connectivity index (χ2v) is 6.77. The molecule has 10 heteroatoms. The molecule has 0 aliphatic heterocycles. The molecule has 1 fully saturated rings. The molecule has 130 valence electrons. The molecule has 0 radical (unpaired) electrons. The lowest BCUT2D eigenvalue weighted by atomic mass is 9.80. The molecular weight excluding hydrogens is 310 g/mol. The number of amides is 1. The number of rotatable bonds is 6. The molecule has 1 amide bonds. The second-order valence-electron chi connectivity index (χ2n) is 6.77. The molecule has 24 heavy (non-hydrogen) atoms. The van der Waals surface area contributed by atoms with Gasteiger partial charge in [0.15, 0.2) is 5.82 Å². The number of aromatic amines is 1. The average molecular weight is 333 g/mol. The van der Waals surface area contributed by atoms with Gasteiger partial charge in [-0.3, -0.25) is 4.79 Å². The van der Waals surface area contributed by atoms with Crippen molar-refractivity contribution in [2.45, 2.75) is 64.0 Å². The number of H-pyrrole nitrogens is 1. The van der Waals surface area contributed by atoms with Gasteiger partial charge in [-0.05, 0) is 35.6 Å². The number of tetrazole rings is 2. The van der Waals surface area contributed by atoms with Crippen LogP contribution in [-0.4, -0.2) is 46.7 Å². The van der Waals surface area contributed by atoms with Crippen molar-refractivity contribution in [2.75, 3.05) is 0 Å². The molecule has 1 unspecified atom stereocenters. The summed E-state index contributed by atoms with van der Waals surface area (Å²) >= 11 is 0. The zero-order chi connectivity index (χ0) is 17.0. The highest BCUT2D eigenvalue weighted by molar-refractivity contribution is 5.84. The molecule has 2 aromatic heterocycles. The maximum atomic E-state index is 13.2. The van der Waals surface area contributed by atoms with Crippen molar-refractivity contribution in [3.63, 3.8) is 0 Å². The van der Waals surface area contributed by atoms with Crippen LogP contribution in [0.15, 0.2) is 6.33 Å². The van der Waals surface area contributed by atoms with Crippen molar-refractivity contribution in [2.24, 2.45) is 5.92 Å². The Hall–Kier alpha value is -2.39. The highest BCUT2D eigenvalue weighted by atomic mass is 16.2. The van der Waals surface area contributed by atoms with E-state index in [-0.39, 0.29) is 11.9 Å². The van der Waals surface area contributed by atoms with Crippen LogP contribution in [0.4, 0.5) is 0 Å². The summed E-state index contributed by atoms with van der Waals surface area (Å²) in [4.78, 5) is 13.2. The first-order valence-corrected chi connectivity index (χ1v) is 8.39. The van der Waals surface area contributed by atoms with Crippen molar-refractivity contribution < 1.29 is 4.79 Å². The lowest BCUT2D eigenvalue weighted by Gasteiger charge is -2.36. The summed E-state index contributed by atoms with van der Waals surface area (Å²) < 4.78 is 1.60. The van der Waals surface area contributed by atoms with Crippen LogP contribution in [-0.2, 0) is 10.3 Å². The third-order valence-corrected chi connectivity index (χ3v) is 4.58. The van der Waals surface area contributed by atoms with Gasteiger partial charge in [-0.15, -0.1) is 15.3 Å². The highest BCUT2D eigenvalue weighted by Crippen LogP contribution is 2.35. The van der Waals surface area contributed by atoms with Gasteiger partial charge in [0.1, 0.15) is 11.9 Å². The Balaban J connectivity index is 1.84. The molecule has 1 atom stereocenters. The van der Waals surface area contributed by atoms with E-state index in [9.17, 15) is 4.79 Å². The number of aromatic nitrogens is 8. The van der Waals surface area contributed by atoms with Crippen molar-refractivity contribution >= 4 is 5.91 Å². The lowest BCUT2D eigenvalue weighted by Crippen LogP contribution is -2.51. The number of hydrogen-bond donors (Lipinski definition) is 2. The molecule has 1 saturated carbocycles. The fourth-order valence-corrected chi connectivity index (χ4v) is 3.36. The smallest absolute Gasteiger partial charge is 0.248 e. The molecule has 3 rings (SSSR count). The van der Waals surface area contributed by atoms with E-state index < -0.39 is 5.54 Å². The minimum Gasteiger partial charge on any atom is -0.344 e. The summed E-state index contributed by atoms with van der Waals surface area (Å²) in [7, 11) is 0. The summed E-state index contributed by atoms with van der Waals surface area (Å²) in [5, 5.41) is 28.7. The summed E-state index contributed by atoms with van der Waals surface area (Å²) in [5.74, 6) is 0.800. The first-order valence-electron chi connectivity index (χ1n) is 8.39. The van der Waals surface area contributed by atoms with Gasteiger partial charge >= 0.3 is 0 Å². The van der Waals surface area contributed by atoms with Crippen LogP contribution in [0.1, 0.15) is 64.2 Å². The number of hydrogen-bond acceptors (Lipinski definition) is 7. The molecule has 0 aromatic carbocycles. The maximum Gasteiger partial charge on any atom is 0.248 e. The Morgan fingerprint density at radius 3 is 2.75 bits per heavy atom. The zero-order valence-electron chi connectivity index (χ0n) is 14.0. The molecule has 0 bridgehead atoms. The number of nitrogens with one attached hydrogen (secondary N) is 2. The van der Waals surface area contributed by atoms with E-state index in [4.69, 9.17) is 0 Å². The molecule has 2 heterocycles. The minimum absolute atomic E-state index is 0.0787. The SMILES string of the molecule is CC(C)CC(NC(=O)C1(n2cnnn2)CCCCC1)c1nn[nH]n1. The van der Waals surface area contributed by atoms with Gasteiger partial charge in [-0.25, -0.2) is 4.68 Å². The van der Waals surface area contributed by atoms with Crippen LogP contribution in [0.2, 0.25) is 0 Å². The third-order valence-electron chi connectivity index (χ3n) is 4.58. The average Bonchev–Trinajstić information content (AvgIpc) is 3.28. The zero-order valence-corrected chi connectivity index (χ0v) is 14.0. The molecule has 1 aliphatic rings. The molecule has 10 nitrogen and oxygen atoms in total. The van der Waals surface area contributed by atoms with Crippen LogP contribution in [0.5, 0.6) is 0 Å². The van der Waals surface area contributed by atoms with Crippen LogP contribution in [0.25, 0.3) is 0 Å². The van der Waals surface area contributed by atoms with Crippen LogP contribution in [0.3, 0.4) is 0 Å². The van der Waals surface area contributed by atoms with Crippen LogP contribution >= 0.6 is 0 Å². The quantitative estimate of drug-likeness (QED) is 0.798. The van der Waals surface area contributed by atoms with Gasteiger partial charge < -0.3 is 5.32 Å². The Morgan fingerprint density at radius 1 is 1.38 bits per heavy atom. The van der Waals surface area contributed by atoms with Crippen LogP contribution < -0.4 is 5.32 Å². The summed E-state index contributed by atoms with van der Waals surface area (Å²) in [6.45, 7) is 4.19. The number of carbonyl (C=O) groups is 1. The van der Waals surface area contributed by atoms with Crippen molar-refractivity contribution in [3.8, 4) is 0 Å². The van der Waals surface area contributed by atoms with Gasteiger partial charge in [-0.2, -0.15) is 5.21 Å². The van der Waals surface area contributed by atoms with Crippen molar-refractivity contribution in [1.82, 2.24) is 46.1 Å². The summed E-state index contributed by atoms with van der Waals surface area (Å²) in [6.07, 6.45) is 6.79. The first-order chi connectivity index (χ1) is 11.6. The fourth-order valence-electron chi connectivity index (χ4n) is 3.36. The van der Waals surface area contributed by atoms with E-state index in [1.54, 1.807) is 4.68 Å². The standard InChI is InChI=1S/C14H23N9O/c1-10(2)8-11(12-17-20-21-18-12)16-13(24)14(6-4-3-5-7-14)23-9-15-19-22-23/h9-11H,3-8H2,1-2H3,(H,16,24)(H,17,18,20,21). The molecule has 2 N–H and O–H groups in total. The largest absolute Gasteiger partial charge is 0.344 e. The number of carbonyl (C=O) groups excluding carboxylic acids is 1. The van der Waals surface area contributed by atoms with Crippen LogP contribution in [0, 0.1) is 5.92 Å². The molecule has 1 aliphatic carbocycles. The fraction of sp³-hybridized carbons (Fsp3) is 0.786. The summed E-state index contributed by atoms with van der Waals surface area (Å²) in [6, 6.07) is -0.286. The van der Waals surface area contributed by atoms with Gasteiger partial charge in [0.2, 0.25) is 5.91 Å². The summed E-state index contributed by atoms with van der Waals surface area (Å²) in [5.41, 5.74) is -0.735. The van der Waals surface area contributed by atoms with Gasteiger partial charge in [-0.1, -0.05) is 38.3 Å². The van der Waals surface area contributed by atoms with Gasteiger partial charge in [0.25, 0.3) is 0 Å². The second kappa shape index (κ2) is 7.02. The third kappa shape index (κ3) is 3.26. The normalized spacial score (nSPS) is 18.5. The Labute approximate surface area is 139 Å². The molecular formula is C14H23N9O. The molecule has 0 spiro atoms. The van der Waals surface area contributed by atoms with Crippen molar-refractivity contribution in [3.05, 3.63) is 12.2 Å². The van der Waals surface area contributed by atoms with E-state index in [1.807, 2.05) is 0 Å². The van der Waals surface area contributed by atoms with E-state index in [1.165, 1.54) is 6.33 Å². The predicted octanol–water partition coefficient (Wildman–Crippen LogP) is 0.749. The Bertz CT molecular complexity index is 631. The Morgan fingerprint density at radius 2 is 2.17 bits per heavy atom. The molecule has 2 aromatic rings. The van der Waals surface area contributed by atoms with E-state index in [2.05, 4.69) is 55.3 Å². The van der Waals surface area contributed by atoms with E-state index in [0.717, 1.165) is 38.5 Å². The van der Waals surface area contributed by atoms with Gasteiger partial charge in [0.05, 0.1) is 6.04 Å². The van der Waals surface area contributed by atoms with Gasteiger partial charge in [0, 0.05) is 0 Å². The number of nitrogens with zero attached hydrogens (tertiary/aromatic N) is 7. The van der Waals surface area contributed by atoms with Crippen molar-refractivity contribution in [1.29, 1.82) is 0 Å². The first kappa shape index (κ1) is 16.5. The predicted molar refractivity (Wildman–Crippen MR) is 83.4 cm³/mol. The monoisotopic (exact) mass is 333 g/mol. The lowest BCUT2D eigenvalue weighted by molar-refractivity contribution is -0.133. The Kier molecular flexibility index (Phi) is 4.81. The van der Waals surface area contributed by atoms with E-state index >= 15 is 0 Å². The maximum absolute atomic E-state index is 13.2. The highest BCUT2D eigenvalue weighted by Gasteiger charge is 2.43. The van der Waals surface area contributed by atoms with E-state index in [0.29, 0.717) is 11.7 Å². The minimum atomic E-state index is -0.735. The molecule has 0 saturated heterocycles. The topological polar surface area (TPSA) is 127 Å².